The molecule has 0 saturated carbocycles. The van der Waals surface area contributed by atoms with Gasteiger partial charge in [-0.05, 0) is 59.1 Å². The van der Waals surface area contributed by atoms with Gasteiger partial charge in [0.05, 0.1) is 0 Å². The lowest BCUT2D eigenvalue weighted by Crippen LogP contribution is -2.42. The van der Waals surface area contributed by atoms with Crippen LogP contribution in [0.1, 0.15) is 52.6 Å². The van der Waals surface area contributed by atoms with Crippen LogP contribution in [0.5, 0.6) is 0 Å². The largest absolute Gasteiger partial charge is 0.444 e. The van der Waals surface area contributed by atoms with E-state index in [1.807, 2.05) is 20.8 Å². The van der Waals surface area contributed by atoms with Gasteiger partial charge in [-0.2, -0.15) is 0 Å². The molecular formula is C19H30N2O2. The fourth-order valence-corrected chi connectivity index (χ4v) is 3.13. The maximum Gasteiger partial charge on any atom is 0.407 e. The van der Waals surface area contributed by atoms with Gasteiger partial charge in [0.15, 0.2) is 0 Å². The molecule has 0 aromatic heterocycles. The predicted octanol–water partition coefficient (Wildman–Crippen LogP) is 3.98. The third-order valence-corrected chi connectivity index (χ3v) is 4.54. The van der Waals surface area contributed by atoms with Crippen LogP contribution in [-0.4, -0.2) is 35.7 Å². The highest BCUT2D eigenvalue weighted by molar-refractivity contribution is 5.68. The van der Waals surface area contributed by atoms with Crippen LogP contribution in [0.2, 0.25) is 0 Å². The minimum Gasteiger partial charge on any atom is -0.444 e. The second-order valence-corrected chi connectivity index (χ2v) is 7.57. The molecule has 0 unspecified atom stereocenters. The van der Waals surface area contributed by atoms with Gasteiger partial charge in [0, 0.05) is 18.6 Å². The number of hydrogen-bond donors (Lipinski definition) is 1. The van der Waals surface area contributed by atoms with E-state index in [0.29, 0.717) is 12.0 Å². The number of alkyl carbamates (subject to hydrolysis) is 1. The van der Waals surface area contributed by atoms with Crippen molar-refractivity contribution in [2.75, 3.05) is 13.1 Å². The third kappa shape index (κ3) is 5.24. The number of benzene rings is 1. The zero-order chi connectivity index (χ0) is 17.0. The average molecular weight is 318 g/mol. The van der Waals surface area contributed by atoms with Crippen molar-refractivity contribution in [1.82, 2.24) is 10.2 Å². The number of nitrogens with one attached hydrogen (secondary N) is 1. The smallest absolute Gasteiger partial charge is 0.407 e. The van der Waals surface area contributed by atoms with E-state index >= 15 is 0 Å². The van der Waals surface area contributed by atoms with Crippen molar-refractivity contribution >= 4 is 6.09 Å². The standard InChI is InChI=1S/C19H30N2O2/c1-14(20-18(22)23-19(3,4)5)17-11-12-21(13-17)15(2)16-9-7-6-8-10-16/h6-10,14-15,17H,11-13H2,1-5H3,(H,20,22)/t14-,15+,17-/m1/s1. The number of ether oxygens (including phenoxy) is 1. The van der Waals surface area contributed by atoms with Crippen molar-refractivity contribution < 1.29 is 9.53 Å². The van der Waals surface area contributed by atoms with E-state index < -0.39 is 5.60 Å². The molecule has 1 aliphatic rings. The van der Waals surface area contributed by atoms with Gasteiger partial charge < -0.3 is 10.1 Å². The minimum atomic E-state index is -0.451. The summed E-state index contributed by atoms with van der Waals surface area (Å²) in [4.78, 5) is 14.4. The van der Waals surface area contributed by atoms with Crippen LogP contribution < -0.4 is 5.32 Å². The van der Waals surface area contributed by atoms with Crippen molar-refractivity contribution in [1.29, 1.82) is 0 Å². The maximum absolute atomic E-state index is 11.9. The number of carbonyl (C=O) groups excluding carboxylic acids is 1. The molecule has 23 heavy (non-hydrogen) atoms. The topological polar surface area (TPSA) is 41.6 Å². The molecular weight excluding hydrogens is 288 g/mol. The highest BCUT2D eigenvalue weighted by Gasteiger charge is 2.31. The molecule has 128 valence electrons. The van der Waals surface area contributed by atoms with Crippen molar-refractivity contribution in [3.05, 3.63) is 35.9 Å². The fraction of sp³-hybridized carbons (Fsp3) is 0.632. The Kier molecular flexibility index (Phi) is 5.69. The summed E-state index contributed by atoms with van der Waals surface area (Å²) in [5.41, 5.74) is 0.897. The molecule has 1 saturated heterocycles. The van der Waals surface area contributed by atoms with E-state index in [1.165, 1.54) is 5.56 Å². The van der Waals surface area contributed by atoms with Crippen LogP contribution >= 0.6 is 0 Å². The first-order valence-corrected chi connectivity index (χ1v) is 8.55. The van der Waals surface area contributed by atoms with Gasteiger partial charge in [-0.1, -0.05) is 30.3 Å². The highest BCUT2D eigenvalue weighted by Crippen LogP contribution is 2.28. The molecule has 0 radical (unpaired) electrons. The quantitative estimate of drug-likeness (QED) is 0.913. The van der Waals surface area contributed by atoms with Gasteiger partial charge in [-0.15, -0.1) is 0 Å². The Morgan fingerprint density at radius 1 is 1.26 bits per heavy atom. The zero-order valence-electron chi connectivity index (χ0n) is 15.0. The monoisotopic (exact) mass is 318 g/mol. The second-order valence-electron chi connectivity index (χ2n) is 7.57. The predicted molar refractivity (Wildman–Crippen MR) is 93.4 cm³/mol. The molecule has 1 aromatic carbocycles. The minimum absolute atomic E-state index is 0.123. The summed E-state index contributed by atoms with van der Waals surface area (Å²) < 4.78 is 5.35. The van der Waals surface area contributed by atoms with Crippen molar-refractivity contribution in [3.8, 4) is 0 Å². The molecule has 1 N–H and O–H groups in total. The number of hydrogen-bond acceptors (Lipinski definition) is 3. The Balaban J connectivity index is 1.86. The summed E-state index contributed by atoms with van der Waals surface area (Å²) in [6, 6.07) is 11.1. The highest BCUT2D eigenvalue weighted by atomic mass is 16.6. The number of nitrogens with zero attached hydrogens (tertiary/aromatic N) is 1. The van der Waals surface area contributed by atoms with Crippen molar-refractivity contribution in [2.24, 2.45) is 5.92 Å². The van der Waals surface area contributed by atoms with Gasteiger partial charge in [0.2, 0.25) is 0 Å². The fourth-order valence-electron chi connectivity index (χ4n) is 3.13. The summed E-state index contributed by atoms with van der Waals surface area (Å²) >= 11 is 0. The van der Waals surface area contributed by atoms with E-state index in [1.54, 1.807) is 0 Å². The summed E-state index contributed by atoms with van der Waals surface area (Å²) in [5, 5.41) is 2.99. The second kappa shape index (κ2) is 7.35. The van der Waals surface area contributed by atoms with E-state index in [2.05, 4.69) is 54.4 Å². The molecule has 4 nitrogen and oxygen atoms in total. The number of amides is 1. The lowest BCUT2D eigenvalue weighted by molar-refractivity contribution is 0.0492. The van der Waals surface area contributed by atoms with Crippen LogP contribution in [0.3, 0.4) is 0 Å². The number of rotatable bonds is 4. The molecule has 1 heterocycles. The summed E-state index contributed by atoms with van der Waals surface area (Å²) in [6.07, 6.45) is 0.785. The molecule has 0 aliphatic carbocycles. The van der Waals surface area contributed by atoms with Gasteiger partial charge in [-0.3, -0.25) is 4.90 Å². The molecule has 4 heteroatoms. The van der Waals surface area contributed by atoms with E-state index in [0.717, 1.165) is 19.5 Å². The zero-order valence-corrected chi connectivity index (χ0v) is 15.0. The molecule has 1 aliphatic heterocycles. The van der Waals surface area contributed by atoms with Gasteiger partial charge in [-0.25, -0.2) is 4.79 Å². The number of likely N-dealkylation sites (tertiary alicyclic amines) is 1. The van der Waals surface area contributed by atoms with Crippen LogP contribution in [0, 0.1) is 5.92 Å². The normalized spacial score (nSPS) is 21.7. The van der Waals surface area contributed by atoms with E-state index in [9.17, 15) is 4.79 Å². The Morgan fingerprint density at radius 3 is 2.52 bits per heavy atom. The first-order chi connectivity index (χ1) is 10.8. The maximum atomic E-state index is 11.9. The summed E-state index contributed by atoms with van der Waals surface area (Å²) in [5.74, 6) is 0.466. The van der Waals surface area contributed by atoms with Gasteiger partial charge in [0.1, 0.15) is 5.60 Å². The SMILES string of the molecule is C[C@@H](NC(=O)OC(C)(C)C)[C@@H]1CCN([C@@H](C)c2ccccc2)C1. The Hall–Kier alpha value is -1.55. The van der Waals surface area contributed by atoms with Crippen molar-refractivity contribution in [3.63, 3.8) is 0 Å². The molecule has 1 fully saturated rings. The molecule has 0 bridgehead atoms. The first kappa shape index (κ1) is 17.8. The van der Waals surface area contributed by atoms with Gasteiger partial charge >= 0.3 is 6.09 Å². The Labute approximate surface area is 140 Å². The molecule has 1 amide bonds. The molecule has 1 aromatic rings. The molecule has 2 rings (SSSR count). The Bertz CT molecular complexity index is 510. The van der Waals surface area contributed by atoms with Crippen LogP contribution in [-0.2, 0) is 4.74 Å². The average Bonchev–Trinajstić information content (AvgIpc) is 2.95. The van der Waals surface area contributed by atoms with Crippen LogP contribution in [0.25, 0.3) is 0 Å². The Morgan fingerprint density at radius 2 is 1.91 bits per heavy atom. The van der Waals surface area contributed by atoms with Crippen LogP contribution in [0.4, 0.5) is 4.79 Å². The number of carbonyl (C=O) groups is 1. The first-order valence-electron chi connectivity index (χ1n) is 8.55. The lowest BCUT2D eigenvalue weighted by Gasteiger charge is -2.27. The third-order valence-electron chi connectivity index (χ3n) is 4.54. The van der Waals surface area contributed by atoms with Gasteiger partial charge in [0.25, 0.3) is 0 Å². The van der Waals surface area contributed by atoms with E-state index in [-0.39, 0.29) is 12.1 Å². The molecule has 3 atom stereocenters. The summed E-state index contributed by atoms with van der Waals surface area (Å²) in [7, 11) is 0. The molecule has 0 spiro atoms. The lowest BCUT2D eigenvalue weighted by atomic mass is 10.0. The van der Waals surface area contributed by atoms with E-state index in [4.69, 9.17) is 4.74 Å². The van der Waals surface area contributed by atoms with Crippen molar-refractivity contribution in [2.45, 2.75) is 58.7 Å². The summed E-state index contributed by atoms with van der Waals surface area (Å²) in [6.45, 7) is 12.1. The van der Waals surface area contributed by atoms with Crippen LogP contribution in [0.15, 0.2) is 30.3 Å².